The van der Waals surface area contributed by atoms with Crippen LogP contribution >= 0.6 is 11.3 Å². The number of fused-ring (bicyclic) bond motifs is 1. The molecule has 8 heteroatoms. The highest BCUT2D eigenvalue weighted by atomic mass is 32.1. The molecule has 1 unspecified atom stereocenters. The standard InChI is InChI=1S/C20H17N3O4S/c1-27-20(26)14-7-10-17-21-11-13(19(25)23(14)17)22-18(24)16-9-8-15(28-16)12-5-3-2-4-6-12/h2-6,8-9,11,14H,7,10H2,1H3,(H,22,24). The van der Waals surface area contributed by atoms with E-state index >= 15 is 0 Å². The van der Waals surface area contributed by atoms with Gasteiger partial charge >= 0.3 is 5.97 Å². The second-order valence-corrected chi connectivity index (χ2v) is 7.41. The van der Waals surface area contributed by atoms with Gasteiger partial charge in [-0.15, -0.1) is 11.3 Å². The number of thiophene rings is 1. The van der Waals surface area contributed by atoms with Crippen molar-refractivity contribution in [2.45, 2.75) is 18.9 Å². The minimum Gasteiger partial charge on any atom is -0.467 e. The number of aryl methyl sites for hydroxylation is 1. The molecule has 1 atom stereocenters. The van der Waals surface area contributed by atoms with Gasteiger partial charge in [0, 0.05) is 11.3 Å². The molecule has 1 aliphatic heterocycles. The van der Waals surface area contributed by atoms with Gasteiger partial charge in [0.15, 0.2) is 0 Å². The van der Waals surface area contributed by atoms with Crippen molar-refractivity contribution < 1.29 is 14.3 Å². The van der Waals surface area contributed by atoms with Gasteiger partial charge in [0.2, 0.25) is 0 Å². The lowest BCUT2D eigenvalue weighted by atomic mass is 10.2. The molecular weight excluding hydrogens is 378 g/mol. The molecule has 3 heterocycles. The Bertz CT molecular complexity index is 1100. The predicted molar refractivity (Wildman–Crippen MR) is 106 cm³/mol. The van der Waals surface area contributed by atoms with Crippen molar-refractivity contribution in [3.8, 4) is 10.4 Å². The van der Waals surface area contributed by atoms with Crippen LogP contribution in [0.3, 0.4) is 0 Å². The summed E-state index contributed by atoms with van der Waals surface area (Å²) in [4.78, 5) is 43.0. The second kappa shape index (κ2) is 7.40. The molecule has 1 aromatic carbocycles. The lowest BCUT2D eigenvalue weighted by molar-refractivity contribution is -0.144. The van der Waals surface area contributed by atoms with Crippen molar-refractivity contribution in [2.24, 2.45) is 0 Å². The normalized spacial score (nSPS) is 15.1. The highest BCUT2D eigenvalue weighted by molar-refractivity contribution is 7.17. The van der Waals surface area contributed by atoms with E-state index in [1.807, 2.05) is 36.4 Å². The Hall–Kier alpha value is -3.26. The Labute approximate surface area is 164 Å². The molecule has 1 amide bonds. The molecule has 4 rings (SSSR count). The fourth-order valence-corrected chi connectivity index (χ4v) is 4.16. The smallest absolute Gasteiger partial charge is 0.329 e. The first-order chi connectivity index (χ1) is 13.6. The third kappa shape index (κ3) is 3.22. The molecule has 1 N–H and O–H groups in total. The van der Waals surface area contributed by atoms with Gasteiger partial charge in [0.05, 0.1) is 18.2 Å². The molecule has 0 bridgehead atoms. The number of hydrogen-bond donors (Lipinski definition) is 1. The lowest BCUT2D eigenvalue weighted by Gasteiger charge is -2.13. The minimum absolute atomic E-state index is 0.0409. The summed E-state index contributed by atoms with van der Waals surface area (Å²) >= 11 is 1.34. The fourth-order valence-electron chi connectivity index (χ4n) is 3.25. The molecule has 2 aromatic heterocycles. The Balaban J connectivity index is 1.59. The van der Waals surface area contributed by atoms with Crippen molar-refractivity contribution >= 4 is 28.9 Å². The maximum Gasteiger partial charge on any atom is 0.329 e. The fraction of sp³-hybridized carbons (Fsp3) is 0.200. The number of aromatic nitrogens is 2. The number of amides is 1. The van der Waals surface area contributed by atoms with Crippen molar-refractivity contribution in [1.29, 1.82) is 0 Å². The van der Waals surface area contributed by atoms with Crippen LogP contribution in [0.5, 0.6) is 0 Å². The zero-order valence-electron chi connectivity index (χ0n) is 15.0. The number of carbonyl (C=O) groups is 2. The van der Waals surface area contributed by atoms with Gasteiger partial charge < -0.3 is 10.1 Å². The van der Waals surface area contributed by atoms with Crippen LogP contribution < -0.4 is 10.9 Å². The number of esters is 1. The third-order valence-electron chi connectivity index (χ3n) is 4.63. The van der Waals surface area contributed by atoms with Crippen molar-refractivity contribution in [3.05, 3.63) is 69.7 Å². The lowest BCUT2D eigenvalue weighted by Crippen LogP contribution is -2.31. The Morgan fingerprint density at radius 2 is 2.00 bits per heavy atom. The van der Waals surface area contributed by atoms with E-state index in [0.717, 1.165) is 10.4 Å². The Kier molecular flexibility index (Phi) is 4.79. The van der Waals surface area contributed by atoms with E-state index in [2.05, 4.69) is 10.3 Å². The van der Waals surface area contributed by atoms with Crippen LogP contribution in [0, 0.1) is 0 Å². The van der Waals surface area contributed by atoms with Crippen molar-refractivity contribution in [1.82, 2.24) is 9.55 Å². The van der Waals surface area contributed by atoms with E-state index in [4.69, 9.17) is 4.74 Å². The maximum absolute atomic E-state index is 12.8. The second-order valence-electron chi connectivity index (χ2n) is 6.32. The molecule has 0 spiro atoms. The summed E-state index contributed by atoms with van der Waals surface area (Å²) < 4.78 is 6.08. The first-order valence-electron chi connectivity index (χ1n) is 8.73. The summed E-state index contributed by atoms with van der Waals surface area (Å²) in [5.74, 6) is -0.364. The number of carbonyl (C=O) groups excluding carboxylic acids is 2. The quantitative estimate of drug-likeness (QED) is 0.686. The molecule has 28 heavy (non-hydrogen) atoms. The molecular formula is C20H17N3O4S. The molecule has 0 radical (unpaired) electrons. The van der Waals surface area contributed by atoms with Crippen LogP contribution in [0.4, 0.5) is 5.69 Å². The van der Waals surface area contributed by atoms with Gasteiger partial charge in [-0.1, -0.05) is 30.3 Å². The molecule has 7 nitrogen and oxygen atoms in total. The molecule has 1 aliphatic rings. The van der Waals surface area contributed by atoms with Crippen molar-refractivity contribution in [3.63, 3.8) is 0 Å². The summed E-state index contributed by atoms with van der Waals surface area (Å²) in [6.45, 7) is 0. The van der Waals surface area contributed by atoms with Gasteiger partial charge in [-0.2, -0.15) is 0 Å². The number of nitrogens with zero attached hydrogens (tertiary/aromatic N) is 2. The van der Waals surface area contributed by atoms with Crippen LogP contribution in [-0.2, 0) is 16.0 Å². The van der Waals surface area contributed by atoms with E-state index in [-0.39, 0.29) is 11.6 Å². The summed E-state index contributed by atoms with van der Waals surface area (Å²) in [6, 6.07) is 12.6. The van der Waals surface area contributed by atoms with E-state index < -0.39 is 17.6 Å². The Morgan fingerprint density at radius 1 is 1.21 bits per heavy atom. The Morgan fingerprint density at radius 3 is 2.75 bits per heavy atom. The molecule has 0 saturated carbocycles. The summed E-state index contributed by atoms with van der Waals surface area (Å²) in [6.07, 6.45) is 2.31. The molecule has 0 aliphatic carbocycles. The maximum atomic E-state index is 12.8. The highest BCUT2D eigenvalue weighted by Crippen LogP contribution is 2.28. The molecule has 0 fully saturated rings. The summed E-state index contributed by atoms with van der Waals surface area (Å²) in [7, 11) is 1.28. The van der Waals surface area contributed by atoms with Gasteiger partial charge in [0.1, 0.15) is 17.6 Å². The minimum atomic E-state index is -0.705. The zero-order valence-corrected chi connectivity index (χ0v) is 15.9. The van der Waals surface area contributed by atoms with Gasteiger partial charge in [-0.3, -0.25) is 14.2 Å². The van der Waals surface area contributed by atoms with E-state index in [0.29, 0.717) is 23.5 Å². The number of methoxy groups -OCH3 is 1. The van der Waals surface area contributed by atoms with E-state index in [1.165, 1.54) is 29.2 Å². The SMILES string of the molecule is COC(=O)C1CCc2ncc(NC(=O)c3ccc(-c4ccccc4)s3)c(=O)n21. The first kappa shape index (κ1) is 18.1. The van der Waals surface area contributed by atoms with Gasteiger partial charge in [-0.25, -0.2) is 9.78 Å². The number of anilines is 1. The monoisotopic (exact) mass is 395 g/mol. The van der Waals surface area contributed by atoms with E-state index in [1.54, 1.807) is 6.07 Å². The molecule has 142 valence electrons. The number of ether oxygens (including phenoxy) is 1. The van der Waals surface area contributed by atoms with Crippen LogP contribution in [0.25, 0.3) is 10.4 Å². The molecule has 3 aromatic rings. The van der Waals surface area contributed by atoms with Crippen molar-refractivity contribution in [2.75, 3.05) is 12.4 Å². The number of rotatable bonds is 4. The number of nitrogens with one attached hydrogen (secondary N) is 1. The van der Waals surface area contributed by atoms with E-state index in [9.17, 15) is 14.4 Å². The summed E-state index contributed by atoms with van der Waals surface area (Å²) in [5.41, 5.74) is 0.608. The average molecular weight is 395 g/mol. The van der Waals surface area contributed by atoms with Crippen LogP contribution in [0.2, 0.25) is 0 Å². The third-order valence-corrected chi connectivity index (χ3v) is 5.77. The van der Waals surface area contributed by atoms with Gasteiger partial charge in [0.25, 0.3) is 11.5 Å². The number of benzene rings is 1. The van der Waals surface area contributed by atoms with Crippen LogP contribution in [-0.4, -0.2) is 28.5 Å². The molecule has 0 saturated heterocycles. The topological polar surface area (TPSA) is 90.3 Å². The highest BCUT2D eigenvalue weighted by Gasteiger charge is 2.32. The largest absolute Gasteiger partial charge is 0.467 e. The number of hydrogen-bond acceptors (Lipinski definition) is 6. The first-order valence-corrected chi connectivity index (χ1v) is 9.55. The van der Waals surface area contributed by atoms with Crippen LogP contribution in [0.1, 0.15) is 28.0 Å². The van der Waals surface area contributed by atoms with Gasteiger partial charge in [-0.05, 0) is 24.1 Å². The average Bonchev–Trinajstić information content (AvgIpc) is 3.38. The van der Waals surface area contributed by atoms with Crippen LogP contribution in [0.15, 0.2) is 53.5 Å². The zero-order chi connectivity index (χ0) is 19.7. The summed E-state index contributed by atoms with van der Waals surface area (Å²) in [5, 5.41) is 2.62. The predicted octanol–water partition coefficient (Wildman–Crippen LogP) is 2.88.